The van der Waals surface area contributed by atoms with Crippen molar-refractivity contribution in [1.82, 2.24) is 30.3 Å². The third kappa shape index (κ3) is 3.89. The second-order valence-corrected chi connectivity index (χ2v) is 10.3. The first-order valence-electron chi connectivity index (χ1n) is 10.7. The Morgan fingerprint density at radius 1 is 1.23 bits per heavy atom. The molecule has 0 radical (unpaired) electrons. The Bertz CT molecular complexity index is 918. The summed E-state index contributed by atoms with van der Waals surface area (Å²) in [5, 5.41) is 12.6. The second kappa shape index (κ2) is 7.47. The average molecular weight is 435 g/mol. The molecule has 30 heavy (non-hydrogen) atoms. The largest absolute Gasteiger partial charge is 0.347 e. The number of H-pyrrole nitrogens is 1. The Morgan fingerprint density at radius 2 is 1.90 bits per heavy atom. The Morgan fingerprint density at radius 3 is 2.50 bits per heavy atom. The molecule has 0 atom stereocenters. The molecule has 9 nitrogen and oxygen atoms in total. The van der Waals surface area contributed by atoms with E-state index in [0.29, 0.717) is 35.4 Å². The standard InChI is InChI=1S/C20H30N6O3S/c1-19(2,3)12-6-8-20(9-7-12)16(28)25(17(29)22-20)11-15(27)21-10-14-23-24-18(30)26(14)13-4-5-13/h12-13H,4-11H2,1-3H3,(H,21,27)(H,22,29)(H,24,30). The minimum absolute atomic E-state index is 0.182. The molecule has 164 valence electrons. The summed E-state index contributed by atoms with van der Waals surface area (Å²) in [6.45, 7) is 6.54. The fourth-order valence-electron chi connectivity index (χ4n) is 4.68. The van der Waals surface area contributed by atoms with E-state index in [2.05, 4.69) is 41.6 Å². The molecule has 3 fully saturated rings. The van der Waals surface area contributed by atoms with Crippen LogP contribution < -0.4 is 10.6 Å². The van der Waals surface area contributed by atoms with E-state index in [-0.39, 0.29) is 24.4 Å². The second-order valence-electron chi connectivity index (χ2n) is 9.87. The van der Waals surface area contributed by atoms with Crippen LogP contribution in [0, 0.1) is 16.1 Å². The smallest absolute Gasteiger partial charge is 0.325 e. The molecule has 4 rings (SSSR count). The van der Waals surface area contributed by atoms with Gasteiger partial charge < -0.3 is 10.6 Å². The van der Waals surface area contributed by atoms with Crippen molar-refractivity contribution in [1.29, 1.82) is 0 Å². The van der Waals surface area contributed by atoms with Gasteiger partial charge in [-0.05, 0) is 62.1 Å². The van der Waals surface area contributed by atoms with Gasteiger partial charge in [0.15, 0.2) is 10.6 Å². The maximum Gasteiger partial charge on any atom is 0.325 e. The van der Waals surface area contributed by atoms with Gasteiger partial charge in [-0.2, -0.15) is 5.10 Å². The molecule has 2 aliphatic carbocycles. The van der Waals surface area contributed by atoms with Crippen molar-refractivity contribution in [2.24, 2.45) is 11.3 Å². The normalized spacial score (nSPS) is 26.9. The molecule has 1 aromatic heterocycles. The molecule has 0 unspecified atom stereocenters. The van der Waals surface area contributed by atoms with E-state index in [1.54, 1.807) is 0 Å². The highest BCUT2D eigenvalue weighted by Gasteiger charge is 2.53. The number of urea groups is 1. The summed E-state index contributed by atoms with van der Waals surface area (Å²) < 4.78 is 2.47. The lowest BCUT2D eigenvalue weighted by molar-refractivity contribution is -0.136. The van der Waals surface area contributed by atoms with E-state index in [1.807, 2.05) is 4.57 Å². The number of nitrogens with one attached hydrogen (secondary N) is 3. The number of aromatic amines is 1. The quantitative estimate of drug-likeness (QED) is 0.487. The zero-order valence-corrected chi connectivity index (χ0v) is 18.6. The maximum absolute atomic E-state index is 13.0. The number of hydrogen-bond acceptors (Lipinski definition) is 5. The van der Waals surface area contributed by atoms with E-state index >= 15 is 0 Å². The van der Waals surface area contributed by atoms with Crippen molar-refractivity contribution in [3.63, 3.8) is 0 Å². The van der Waals surface area contributed by atoms with Crippen LogP contribution in [0.5, 0.6) is 0 Å². The van der Waals surface area contributed by atoms with Crippen molar-refractivity contribution < 1.29 is 14.4 Å². The summed E-state index contributed by atoms with van der Waals surface area (Å²) in [5.41, 5.74) is -0.672. The van der Waals surface area contributed by atoms with Gasteiger partial charge in [0.2, 0.25) is 5.91 Å². The first kappa shape index (κ1) is 21.0. The number of imide groups is 1. The van der Waals surface area contributed by atoms with Crippen LogP contribution in [0.2, 0.25) is 0 Å². The van der Waals surface area contributed by atoms with Crippen LogP contribution in [0.4, 0.5) is 4.79 Å². The lowest BCUT2D eigenvalue weighted by Gasteiger charge is -2.40. The van der Waals surface area contributed by atoms with Gasteiger partial charge in [-0.3, -0.25) is 24.2 Å². The SMILES string of the molecule is CC(C)(C)C1CCC2(CC1)NC(=O)N(CC(=O)NCc1n[nH]c(=S)n1C1CC1)C2=O. The van der Waals surface area contributed by atoms with Crippen molar-refractivity contribution in [3.05, 3.63) is 10.6 Å². The van der Waals surface area contributed by atoms with E-state index in [4.69, 9.17) is 12.2 Å². The van der Waals surface area contributed by atoms with Crippen molar-refractivity contribution in [2.75, 3.05) is 6.54 Å². The fourth-order valence-corrected chi connectivity index (χ4v) is 4.98. The van der Waals surface area contributed by atoms with Gasteiger partial charge in [0.05, 0.1) is 6.54 Å². The number of nitrogens with zero attached hydrogens (tertiary/aromatic N) is 3. The maximum atomic E-state index is 13.0. The summed E-state index contributed by atoms with van der Waals surface area (Å²) >= 11 is 5.24. The molecule has 2 heterocycles. The first-order chi connectivity index (χ1) is 14.1. The number of rotatable bonds is 5. The summed E-state index contributed by atoms with van der Waals surface area (Å²) in [6.07, 6.45) is 5.12. The van der Waals surface area contributed by atoms with Crippen LogP contribution in [0.3, 0.4) is 0 Å². The van der Waals surface area contributed by atoms with Gasteiger partial charge in [0.1, 0.15) is 12.1 Å². The number of carbonyl (C=O) groups excluding carboxylic acids is 3. The molecule has 0 aromatic carbocycles. The van der Waals surface area contributed by atoms with Gasteiger partial charge in [-0.15, -0.1) is 0 Å². The van der Waals surface area contributed by atoms with Crippen LogP contribution in [-0.4, -0.2) is 49.6 Å². The first-order valence-corrected chi connectivity index (χ1v) is 11.1. The van der Waals surface area contributed by atoms with Gasteiger partial charge in [-0.25, -0.2) is 4.79 Å². The summed E-state index contributed by atoms with van der Waals surface area (Å²) in [5.74, 6) is 0.502. The molecular weight excluding hydrogens is 404 g/mol. The topological polar surface area (TPSA) is 112 Å². The number of hydrogen-bond donors (Lipinski definition) is 3. The minimum Gasteiger partial charge on any atom is -0.347 e. The summed E-state index contributed by atoms with van der Waals surface area (Å²) in [7, 11) is 0. The Labute approximate surface area is 181 Å². The molecular formula is C20H30N6O3S. The van der Waals surface area contributed by atoms with Crippen molar-refractivity contribution >= 4 is 30.1 Å². The number of carbonyl (C=O) groups is 3. The van der Waals surface area contributed by atoms with Crippen LogP contribution in [0.15, 0.2) is 0 Å². The third-order valence-electron chi connectivity index (χ3n) is 6.74. The van der Waals surface area contributed by atoms with Gasteiger partial charge in [-0.1, -0.05) is 20.8 Å². The molecule has 3 aliphatic rings. The van der Waals surface area contributed by atoms with E-state index in [0.717, 1.165) is 30.6 Å². The highest BCUT2D eigenvalue weighted by Crippen LogP contribution is 2.43. The van der Waals surface area contributed by atoms with Crippen molar-refractivity contribution in [3.8, 4) is 0 Å². The van der Waals surface area contributed by atoms with E-state index in [1.165, 1.54) is 0 Å². The molecule has 3 N–H and O–H groups in total. The third-order valence-corrected chi connectivity index (χ3v) is 7.03. The molecule has 4 amide bonds. The van der Waals surface area contributed by atoms with Crippen molar-refractivity contribution in [2.45, 2.75) is 77.4 Å². The number of amides is 4. The molecule has 1 saturated heterocycles. The van der Waals surface area contributed by atoms with Crippen LogP contribution >= 0.6 is 12.2 Å². The molecule has 1 aromatic rings. The lowest BCUT2D eigenvalue weighted by atomic mass is 9.67. The zero-order valence-electron chi connectivity index (χ0n) is 17.8. The minimum atomic E-state index is -0.854. The zero-order chi connectivity index (χ0) is 21.7. The Hall–Kier alpha value is -2.23. The van der Waals surface area contributed by atoms with E-state index < -0.39 is 17.5 Å². The Kier molecular flexibility index (Phi) is 5.24. The van der Waals surface area contributed by atoms with Gasteiger partial charge in [0, 0.05) is 6.04 Å². The predicted molar refractivity (Wildman–Crippen MR) is 112 cm³/mol. The predicted octanol–water partition coefficient (Wildman–Crippen LogP) is 2.42. The molecule has 1 aliphatic heterocycles. The van der Waals surface area contributed by atoms with Gasteiger partial charge in [0.25, 0.3) is 5.91 Å². The number of aromatic nitrogens is 3. The molecule has 2 saturated carbocycles. The fraction of sp³-hybridized carbons (Fsp3) is 0.750. The highest BCUT2D eigenvalue weighted by molar-refractivity contribution is 7.71. The average Bonchev–Trinajstić information content (AvgIpc) is 3.41. The summed E-state index contributed by atoms with van der Waals surface area (Å²) in [6, 6.07) is -0.137. The Balaban J connectivity index is 1.35. The molecule has 0 bridgehead atoms. The molecule has 10 heteroatoms. The molecule has 1 spiro atoms. The van der Waals surface area contributed by atoms with Crippen LogP contribution in [-0.2, 0) is 16.1 Å². The van der Waals surface area contributed by atoms with Crippen LogP contribution in [0.1, 0.15) is 71.2 Å². The summed E-state index contributed by atoms with van der Waals surface area (Å²) in [4.78, 5) is 39.0. The van der Waals surface area contributed by atoms with Gasteiger partial charge >= 0.3 is 6.03 Å². The van der Waals surface area contributed by atoms with Crippen LogP contribution in [0.25, 0.3) is 0 Å². The van der Waals surface area contributed by atoms with E-state index in [9.17, 15) is 14.4 Å². The lowest BCUT2D eigenvalue weighted by Crippen LogP contribution is -2.51. The monoisotopic (exact) mass is 434 g/mol. The highest BCUT2D eigenvalue weighted by atomic mass is 32.1.